The Labute approximate surface area is 110 Å². The predicted octanol–water partition coefficient (Wildman–Crippen LogP) is 0.986. The van der Waals surface area contributed by atoms with Crippen molar-refractivity contribution in [3.63, 3.8) is 0 Å². The van der Waals surface area contributed by atoms with Crippen LogP contribution in [0.25, 0.3) is 0 Å². The second kappa shape index (κ2) is 5.35. The molecule has 2 N–H and O–H groups in total. The minimum absolute atomic E-state index is 0.719. The normalized spacial score (nSPS) is 17.4. The van der Waals surface area contributed by atoms with Crippen LogP contribution in [0.15, 0.2) is 61.2 Å². The van der Waals surface area contributed by atoms with Gasteiger partial charge < -0.3 is 0 Å². The Balaban J connectivity index is 2.31. The largest absolute Gasteiger partial charge is 0.471 e. The fourth-order valence-corrected chi connectivity index (χ4v) is 5.81. The van der Waals surface area contributed by atoms with Crippen molar-refractivity contribution in [2.45, 2.75) is 0 Å². The lowest BCUT2D eigenvalue weighted by atomic mass is 10.5. The van der Waals surface area contributed by atoms with Gasteiger partial charge >= 0.3 is 15.0 Å². The maximum absolute atomic E-state index is 12.2. The van der Waals surface area contributed by atoms with Crippen molar-refractivity contribution in [3.8, 4) is 0 Å². The molecule has 0 saturated carbocycles. The van der Waals surface area contributed by atoms with Gasteiger partial charge in [-0.25, -0.2) is 9.13 Å². The number of rotatable bonds is 4. The van der Waals surface area contributed by atoms with Gasteiger partial charge in [0.15, 0.2) is 24.8 Å². The Bertz CT molecular complexity index is 591. The zero-order chi connectivity index (χ0) is 13.9. The van der Waals surface area contributed by atoms with E-state index in [0.29, 0.717) is 0 Å². The van der Waals surface area contributed by atoms with E-state index in [1.54, 1.807) is 36.4 Å². The Morgan fingerprint density at radius 3 is 1.32 bits per heavy atom. The number of hydrogen-bond donors (Lipinski definition) is 2. The first-order chi connectivity index (χ1) is 8.92. The highest BCUT2D eigenvalue weighted by Gasteiger charge is 2.46. The first-order valence-corrected chi connectivity index (χ1v) is 9.09. The highest BCUT2D eigenvalue weighted by molar-refractivity contribution is 7.68. The smallest absolute Gasteiger partial charge is 0.294 e. The van der Waals surface area contributed by atoms with E-state index in [0.717, 1.165) is 8.68 Å². The molecule has 0 aromatic carbocycles. The van der Waals surface area contributed by atoms with Crippen molar-refractivity contribution in [1.29, 1.82) is 0 Å². The first kappa shape index (κ1) is 14.1. The summed E-state index contributed by atoms with van der Waals surface area (Å²) < 4.78 is 26.5. The third kappa shape index (κ3) is 3.37. The quantitative estimate of drug-likeness (QED) is 0.825. The van der Waals surface area contributed by atoms with Crippen LogP contribution < -0.4 is 8.68 Å². The number of nitrogens with zero attached hydrogens (tertiary/aromatic N) is 2. The summed E-state index contributed by atoms with van der Waals surface area (Å²) in [4.78, 5) is 19.9. The molecule has 0 spiro atoms. The van der Waals surface area contributed by atoms with E-state index in [1.165, 1.54) is 24.8 Å². The molecule has 0 amide bonds. The lowest BCUT2D eigenvalue weighted by Crippen LogP contribution is -2.36. The van der Waals surface area contributed by atoms with Crippen LogP contribution in [-0.2, 0) is 9.13 Å². The summed E-state index contributed by atoms with van der Waals surface area (Å²) in [5.74, 6) is -0.719. The zero-order valence-corrected chi connectivity index (χ0v) is 11.8. The first-order valence-electron chi connectivity index (χ1n) is 5.50. The fraction of sp³-hybridized carbons (Fsp3) is 0.0909. The monoisotopic (exact) mass is 300 g/mol. The Kier molecular flexibility index (Phi) is 3.97. The molecular formula is C11H14N2O4P2+2. The van der Waals surface area contributed by atoms with Gasteiger partial charge in [-0.3, -0.25) is 9.79 Å². The number of pyridine rings is 2. The summed E-state index contributed by atoms with van der Waals surface area (Å²) in [5.41, 5.74) is 0. The summed E-state index contributed by atoms with van der Waals surface area (Å²) in [5, 5.41) is 0. The molecule has 2 rings (SSSR count). The molecule has 0 radical (unpaired) electrons. The molecule has 2 atom stereocenters. The van der Waals surface area contributed by atoms with Crippen molar-refractivity contribution in [3.05, 3.63) is 61.2 Å². The molecule has 2 aromatic heterocycles. The van der Waals surface area contributed by atoms with Crippen molar-refractivity contribution in [1.82, 2.24) is 0 Å². The van der Waals surface area contributed by atoms with E-state index in [2.05, 4.69) is 0 Å². The lowest BCUT2D eigenvalue weighted by molar-refractivity contribution is -0.535. The molecule has 2 aromatic rings. The molecule has 0 fully saturated rings. The summed E-state index contributed by atoms with van der Waals surface area (Å²) in [7, 11) is -7.90. The van der Waals surface area contributed by atoms with E-state index in [-0.39, 0.29) is 0 Å². The molecule has 0 bridgehead atoms. The molecule has 6 nitrogen and oxygen atoms in total. The molecule has 0 saturated heterocycles. The Morgan fingerprint density at radius 1 is 0.684 bits per heavy atom. The van der Waals surface area contributed by atoms with Gasteiger partial charge in [-0.05, 0) is 0 Å². The lowest BCUT2D eigenvalue weighted by Gasteiger charge is -2.07. The summed E-state index contributed by atoms with van der Waals surface area (Å²) >= 11 is 0. The van der Waals surface area contributed by atoms with Crippen LogP contribution in [0.2, 0.25) is 0 Å². The van der Waals surface area contributed by atoms with Crippen LogP contribution in [0.1, 0.15) is 0 Å². The van der Waals surface area contributed by atoms with Crippen molar-refractivity contribution in [2.24, 2.45) is 0 Å². The molecule has 2 heterocycles. The van der Waals surface area contributed by atoms with E-state index in [1.807, 2.05) is 0 Å². The maximum atomic E-state index is 12.2. The van der Waals surface area contributed by atoms with Gasteiger partial charge in [0.05, 0.1) is 0 Å². The van der Waals surface area contributed by atoms with Gasteiger partial charge in [0.1, 0.15) is 0 Å². The minimum atomic E-state index is -3.95. The zero-order valence-electron chi connectivity index (χ0n) is 9.98. The van der Waals surface area contributed by atoms with Crippen LogP contribution in [0.4, 0.5) is 0 Å². The van der Waals surface area contributed by atoms with E-state index in [9.17, 15) is 18.9 Å². The minimum Gasteiger partial charge on any atom is -0.294 e. The molecule has 0 aliphatic rings. The van der Waals surface area contributed by atoms with Gasteiger partial charge in [-0.1, -0.05) is 12.1 Å². The van der Waals surface area contributed by atoms with Gasteiger partial charge in [0, 0.05) is 24.3 Å². The highest BCUT2D eigenvalue weighted by Crippen LogP contribution is 2.50. The highest BCUT2D eigenvalue weighted by atomic mass is 31.2. The molecule has 19 heavy (non-hydrogen) atoms. The third-order valence-electron chi connectivity index (χ3n) is 2.49. The van der Waals surface area contributed by atoms with Gasteiger partial charge in [-0.2, -0.15) is 0 Å². The van der Waals surface area contributed by atoms with Crippen molar-refractivity contribution >= 4 is 15.0 Å². The summed E-state index contributed by atoms with van der Waals surface area (Å²) in [6.45, 7) is 0. The second-order valence-corrected chi connectivity index (χ2v) is 8.70. The molecule has 8 heteroatoms. The van der Waals surface area contributed by atoms with Crippen LogP contribution in [0, 0.1) is 0 Å². The van der Waals surface area contributed by atoms with Gasteiger partial charge in [0.25, 0.3) is 0 Å². The number of hydrogen-bond acceptors (Lipinski definition) is 2. The van der Waals surface area contributed by atoms with Crippen molar-refractivity contribution < 1.29 is 27.6 Å². The van der Waals surface area contributed by atoms with E-state index < -0.39 is 20.9 Å². The molecule has 100 valence electrons. The fourth-order valence-electron chi connectivity index (χ4n) is 1.58. The summed E-state index contributed by atoms with van der Waals surface area (Å²) in [6.07, 6.45) is 5.60. The standard InChI is InChI=1S/C11H12N2O4P2/c14-18(15,12-7-3-1-4-8-12)11-19(16,17)13-9-5-2-6-10-13/h1-10H,11H2/p+2. The van der Waals surface area contributed by atoms with Gasteiger partial charge in [-0.15, -0.1) is 8.68 Å². The van der Waals surface area contributed by atoms with E-state index >= 15 is 0 Å². The maximum Gasteiger partial charge on any atom is 0.471 e. The predicted molar refractivity (Wildman–Crippen MR) is 68.6 cm³/mol. The van der Waals surface area contributed by atoms with Crippen LogP contribution in [-0.4, -0.2) is 15.7 Å². The second-order valence-electron chi connectivity index (χ2n) is 3.98. The number of aromatic nitrogens is 2. The topological polar surface area (TPSA) is 82.4 Å². The van der Waals surface area contributed by atoms with E-state index in [4.69, 9.17) is 0 Å². The van der Waals surface area contributed by atoms with Crippen LogP contribution in [0.5, 0.6) is 0 Å². The van der Waals surface area contributed by atoms with Crippen molar-refractivity contribution in [2.75, 3.05) is 5.90 Å². The van der Waals surface area contributed by atoms with Gasteiger partial charge in [0.2, 0.25) is 5.90 Å². The summed E-state index contributed by atoms with van der Waals surface area (Å²) in [6, 6.07) is 9.73. The molecule has 2 unspecified atom stereocenters. The average molecular weight is 300 g/mol. The Morgan fingerprint density at radius 2 is 1.00 bits per heavy atom. The molecular weight excluding hydrogens is 286 g/mol. The molecule has 0 aliphatic carbocycles. The van der Waals surface area contributed by atoms with Crippen LogP contribution >= 0.6 is 15.0 Å². The third-order valence-corrected chi connectivity index (χ3v) is 7.41. The Hall–Kier alpha value is -1.32. The molecule has 0 aliphatic heterocycles. The van der Waals surface area contributed by atoms with Crippen LogP contribution in [0.3, 0.4) is 0 Å². The SMILES string of the molecule is O=P(O)(CP(=O)(O)[n+]1ccccc1)[n+]1ccccc1. The average Bonchev–Trinajstić information content (AvgIpc) is 2.40.